The van der Waals surface area contributed by atoms with E-state index >= 15 is 0 Å². The number of hydrogen-bond acceptors (Lipinski definition) is 2. The van der Waals surface area contributed by atoms with Crippen LogP contribution in [-0.2, 0) is 6.18 Å². The van der Waals surface area contributed by atoms with Gasteiger partial charge in [-0.2, -0.15) is 13.2 Å². The van der Waals surface area contributed by atoms with Crippen molar-refractivity contribution in [2.24, 2.45) is 0 Å². The smallest absolute Gasteiger partial charge is 0.335 e. The van der Waals surface area contributed by atoms with Crippen LogP contribution in [0, 0.1) is 11.6 Å². The lowest BCUT2D eigenvalue weighted by molar-refractivity contribution is -0.137. The average molecular weight is 398 g/mol. The summed E-state index contributed by atoms with van der Waals surface area (Å²) < 4.78 is 65.3. The quantitative estimate of drug-likeness (QED) is 0.726. The van der Waals surface area contributed by atoms with Crippen LogP contribution in [0.1, 0.15) is 26.3 Å². The maximum atomic E-state index is 13.8. The summed E-state index contributed by atoms with van der Waals surface area (Å²) in [4.78, 5) is 27.4. The summed E-state index contributed by atoms with van der Waals surface area (Å²) in [6.07, 6.45) is -4.49. The van der Waals surface area contributed by atoms with Crippen molar-refractivity contribution >= 4 is 11.8 Å². The maximum Gasteiger partial charge on any atom is 0.416 e. The van der Waals surface area contributed by atoms with E-state index in [0.717, 1.165) is 42.5 Å². The first kappa shape index (κ1) is 19.8. The number of amides is 2. The number of rotatable bonds is 2. The van der Waals surface area contributed by atoms with Gasteiger partial charge in [0.15, 0.2) is 0 Å². The number of carbonyl (C=O) groups is 2. The van der Waals surface area contributed by atoms with Crippen molar-refractivity contribution in [1.82, 2.24) is 9.80 Å². The monoisotopic (exact) mass is 398 g/mol. The molecule has 0 atom stereocenters. The molecule has 148 valence electrons. The highest BCUT2D eigenvalue weighted by Crippen LogP contribution is 2.29. The normalized spacial score (nSPS) is 14.9. The largest absolute Gasteiger partial charge is 0.416 e. The van der Waals surface area contributed by atoms with Gasteiger partial charge in [0.1, 0.15) is 17.2 Å². The summed E-state index contributed by atoms with van der Waals surface area (Å²) in [5, 5.41) is 0. The van der Waals surface area contributed by atoms with E-state index in [-0.39, 0.29) is 31.7 Å². The molecule has 0 aromatic heterocycles. The van der Waals surface area contributed by atoms with Crippen LogP contribution in [0.5, 0.6) is 0 Å². The minimum atomic E-state index is -4.49. The first-order chi connectivity index (χ1) is 13.2. The predicted octanol–water partition coefficient (Wildman–Crippen LogP) is 3.58. The predicted molar refractivity (Wildman–Crippen MR) is 89.6 cm³/mol. The van der Waals surface area contributed by atoms with Gasteiger partial charge in [0.25, 0.3) is 11.8 Å². The van der Waals surface area contributed by atoms with Crippen LogP contribution in [0.2, 0.25) is 0 Å². The Morgan fingerprint density at radius 3 is 1.68 bits per heavy atom. The van der Waals surface area contributed by atoms with Crippen molar-refractivity contribution in [1.29, 1.82) is 0 Å². The summed E-state index contributed by atoms with van der Waals surface area (Å²) in [7, 11) is 0. The Labute approximate surface area is 157 Å². The lowest BCUT2D eigenvalue weighted by Crippen LogP contribution is -2.50. The Kier molecular flexibility index (Phi) is 5.35. The zero-order valence-corrected chi connectivity index (χ0v) is 14.5. The molecule has 2 aromatic carbocycles. The fraction of sp³-hybridized carbons (Fsp3) is 0.263. The Morgan fingerprint density at radius 1 is 0.750 bits per heavy atom. The maximum absolute atomic E-state index is 13.8. The zero-order valence-electron chi connectivity index (χ0n) is 14.5. The van der Waals surface area contributed by atoms with Crippen LogP contribution < -0.4 is 0 Å². The third-order valence-electron chi connectivity index (χ3n) is 4.49. The van der Waals surface area contributed by atoms with Crippen LogP contribution in [0.4, 0.5) is 22.0 Å². The van der Waals surface area contributed by atoms with E-state index in [1.165, 1.54) is 9.80 Å². The molecule has 0 bridgehead atoms. The van der Waals surface area contributed by atoms with E-state index < -0.39 is 40.8 Å². The van der Waals surface area contributed by atoms with Crippen LogP contribution in [-0.4, -0.2) is 47.8 Å². The number of hydrogen-bond donors (Lipinski definition) is 0. The number of halogens is 5. The van der Waals surface area contributed by atoms with Crippen LogP contribution in [0.15, 0.2) is 42.5 Å². The highest BCUT2D eigenvalue weighted by Gasteiger charge is 2.31. The standard InChI is InChI=1S/C19H15F5N2O2/c20-14-2-1-3-15(21)16(14)18(28)26-10-8-25(9-11-26)17(27)12-4-6-13(7-5-12)19(22,23)24/h1-7H,8-11H2. The van der Waals surface area contributed by atoms with Crippen molar-refractivity contribution in [2.45, 2.75) is 6.18 Å². The van der Waals surface area contributed by atoms with E-state index in [4.69, 9.17) is 0 Å². The van der Waals surface area contributed by atoms with Gasteiger partial charge in [0.2, 0.25) is 0 Å². The summed E-state index contributed by atoms with van der Waals surface area (Å²) in [5.74, 6) is -3.21. The van der Waals surface area contributed by atoms with E-state index in [9.17, 15) is 31.5 Å². The van der Waals surface area contributed by atoms with Gasteiger partial charge >= 0.3 is 6.18 Å². The van der Waals surface area contributed by atoms with Crippen molar-refractivity contribution in [2.75, 3.05) is 26.2 Å². The number of piperazine rings is 1. The molecule has 0 spiro atoms. The second kappa shape index (κ2) is 7.57. The van der Waals surface area contributed by atoms with Gasteiger partial charge in [-0.1, -0.05) is 6.07 Å². The molecular formula is C19H15F5N2O2. The molecule has 0 N–H and O–H groups in total. The van der Waals surface area contributed by atoms with E-state index in [1.54, 1.807) is 0 Å². The first-order valence-corrected chi connectivity index (χ1v) is 8.38. The Balaban J connectivity index is 1.65. The molecule has 1 fully saturated rings. The minimum absolute atomic E-state index is 0.0545. The topological polar surface area (TPSA) is 40.6 Å². The van der Waals surface area contributed by atoms with Crippen molar-refractivity contribution < 1.29 is 31.5 Å². The van der Waals surface area contributed by atoms with Crippen LogP contribution in [0.3, 0.4) is 0 Å². The molecule has 0 aliphatic carbocycles. The summed E-state index contributed by atoms with van der Waals surface area (Å²) in [6, 6.07) is 6.97. The Morgan fingerprint density at radius 2 is 1.21 bits per heavy atom. The fourth-order valence-electron chi connectivity index (χ4n) is 2.96. The van der Waals surface area contributed by atoms with Crippen LogP contribution >= 0.6 is 0 Å². The average Bonchev–Trinajstić information content (AvgIpc) is 2.67. The molecule has 1 saturated heterocycles. The molecule has 1 aliphatic rings. The third-order valence-corrected chi connectivity index (χ3v) is 4.49. The summed E-state index contributed by atoms with van der Waals surface area (Å²) in [6.45, 7) is 0.307. The zero-order chi connectivity index (χ0) is 20.5. The van der Waals surface area contributed by atoms with Crippen molar-refractivity contribution in [3.63, 3.8) is 0 Å². The molecule has 3 rings (SSSR count). The number of benzene rings is 2. The molecule has 0 unspecified atom stereocenters. The molecule has 0 saturated carbocycles. The molecular weight excluding hydrogens is 383 g/mol. The molecule has 2 amide bonds. The van der Waals surface area contributed by atoms with Crippen LogP contribution in [0.25, 0.3) is 0 Å². The van der Waals surface area contributed by atoms with Gasteiger partial charge in [-0.25, -0.2) is 8.78 Å². The van der Waals surface area contributed by atoms with E-state index in [1.807, 2.05) is 0 Å². The third kappa shape index (κ3) is 3.97. The van der Waals surface area contributed by atoms with Gasteiger partial charge < -0.3 is 9.80 Å². The number of alkyl halides is 3. The van der Waals surface area contributed by atoms with Gasteiger partial charge in [0, 0.05) is 31.7 Å². The molecule has 0 radical (unpaired) electrons. The number of nitrogens with zero attached hydrogens (tertiary/aromatic N) is 2. The molecule has 2 aromatic rings. The van der Waals surface area contributed by atoms with Crippen molar-refractivity contribution in [3.05, 3.63) is 70.8 Å². The van der Waals surface area contributed by atoms with Gasteiger partial charge in [-0.3, -0.25) is 9.59 Å². The fourth-order valence-corrected chi connectivity index (χ4v) is 2.96. The highest BCUT2D eigenvalue weighted by atomic mass is 19.4. The van der Waals surface area contributed by atoms with Gasteiger partial charge in [-0.15, -0.1) is 0 Å². The molecule has 1 heterocycles. The van der Waals surface area contributed by atoms with Gasteiger partial charge in [0.05, 0.1) is 5.56 Å². The molecule has 9 heteroatoms. The minimum Gasteiger partial charge on any atom is -0.335 e. The van der Waals surface area contributed by atoms with E-state index in [0.29, 0.717) is 0 Å². The Bertz CT molecular complexity index is 868. The summed E-state index contributed by atoms with van der Waals surface area (Å²) in [5.41, 5.74) is -1.41. The SMILES string of the molecule is O=C(c1ccc(C(F)(F)F)cc1)N1CCN(C(=O)c2c(F)cccc2F)CC1. The first-order valence-electron chi connectivity index (χ1n) is 8.38. The van der Waals surface area contributed by atoms with Crippen molar-refractivity contribution in [3.8, 4) is 0 Å². The second-order valence-corrected chi connectivity index (χ2v) is 6.26. The lowest BCUT2D eigenvalue weighted by atomic mass is 10.1. The second-order valence-electron chi connectivity index (χ2n) is 6.26. The van der Waals surface area contributed by atoms with Gasteiger partial charge in [-0.05, 0) is 36.4 Å². The molecule has 28 heavy (non-hydrogen) atoms. The molecule has 1 aliphatic heterocycles. The Hall–Kier alpha value is -2.97. The van der Waals surface area contributed by atoms with E-state index in [2.05, 4.69) is 0 Å². The lowest BCUT2D eigenvalue weighted by Gasteiger charge is -2.35. The molecule has 4 nitrogen and oxygen atoms in total. The summed E-state index contributed by atoms with van der Waals surface area (Å²) >= 11 is 0. The number of carbonyl (C=O) groups excluding carboxylic acids is 2. The highest BCUT2D eigenvalue weighted by molar-refractivity contribution is 5.96.